The summed E-state index contributed by atoms with van der Waals surface area (Å²) in [6.45, 7) is 4.76. The van der Waals surface area contributed by atoms with Crippen molar-refractivity contribution in [2.45, 2.75) is 51.7 Å². The molecule has 3 rings (SSSR count). The van der Waals surface area contributed by atoms with Gasteiger partial charge in [-0.2, -0.15) is 0 Å². The van der Waals surface area contributed by atoms with E-state index in [-0.39, 0.29) is 0 Å². The fraction of sp³-hybridized carbons (Fsp3) is 0.529. The third-order valence-electron chi connectivity index (χ3n) is 4.58. The molecule has 1 aliphatic carbocycles. The van der Waals surface area contributed by atoms with Crippen molar-refractivity contribution in [3.05, 3.63) is 35.6 Å². The number of hydrogen-bond acceptors (Lipinski definition) is 3. The number of nitrogens with two attached hydrogens (primary N) is 1. The maximum atomic E-state index is 6.06. The van der Waals surface area contributed by atoms with E-state index in [1.165, 1.54) is 36.6 Å². The second-order valence-corrected chi connectivity index (χ2v) is 5.71. The Morgan fingerprint density at radius 2 is 2.00 bits per heavy atom. The third kappa shape index (κ3) is 2.48. The molecule has 0 spiro atoms. The fourth-order valence-electron chi connectivity index (χ4n) is 3.45. The van der Waals surface area contributed by atoms with Gasteiger partial charge >= 0.3 is 0 Å². The summed E-state index contributed by atoms with van der Waals surface area (Å²) in [6, 6.07) is 8.93. The molecule has 0 radical (unpaired) electrons. The lowest BCUT2D eigenvalue weighted by Gasteiger charge is -2.26. The molecule has 0 bridgehead atoms. The summed E-state index contributed by atoms with van der Waals surface area (Å²) in [6.07, 6.45) is 5.38. The summed E-state index contributed by atoms with van der Waals surface area (Å²) in [7, 11) is 0. The third-order valence-corrected chi connectivity index (χ3v) is 4.58. The van der Waals surface area contributed by atoms with Gasteiger partial charge in [0, 0.05) is 23.5 Å². The molecule has 0 unspecified atom stereocenters. The fourth-order valence-corrected chi connectivity index (χ4v) is 3.45. The predicted molar refractivity (Wildman–Crippen MR) is 82.4 cm³/mol. The van der Waals surface area contributed by atoms with Crippen molar-refractivity contribution in [2.75, 3.05) is 6.54 Å². The highest BCUT2D eigenvalue weighted by Gasteiger charge is 2.23. The second-order valence-electron chi connectivity index (χ2n) is 5.71. The summed E-state index contributed by atoms with van der Waals surface area (Å²) in [5.41, 5.74) is 8.09. The predicted octanol–water partition coefficient (Wildman–Crippen LogP) is 3.66. The Morgan fingerprint density at radius 3 is 2.70 bits per heavy atom. The zero-order valence-electron chi connectivity index (χ0n) is 12.3. The van der Waals surface area contributed by atoms with Crippen LogP contribution in [0.2, 0.25) is 0 Å². The van der Waals surface area contributed by atoms with Crippen LogP contribution in [-0.2, 0) is 13.1 Å². The van der Waals surface area contributed by atoms with Crippen molar-refractivity contribution < 1.29 is 4.42 Å². The molecule has 0 atom stereocenters. The molecule has 1 heterocycles. The largest absolute Gasteiger partial charge is 0.459 e. The number of hydrogen-bond donors (Lipinski definition) is 1. The van der Waals surface area contributed by atoms with Gasteiger partial charge in [0.05, 0.1) is 6.54 Å². The van der Waals surface area contributed by atoms with Crippen molar-refractivity contribution in [3.63, 3.8) is 0 Å². The highest BCUT2D eigenvalue weighted by molar-refractivity contribution is 5.82. The topological polar surface area (TPSA) is 42.4 Å². The standard InChI is InChI=1S/C17H24N2O/c1-2-19(13-7-3-4-8-13)12-17-15(11-18)14-9-5-6-10-16(14)20-17/h5-6,9-10,13H,2-4,7-8,11-12,18H2,1H3. The number of benzene rings is 1. The zero-order valence-corrected chi connectivity index (χ0v) is 12.3. The van der Waals surface area contributed by atoms with Crippen molar-refractivity contribution >= 4 is 11.0 Å². The quantitative estimate of drug-likeness (QED) is 0.903. The molecule has 1 aromatic heterocycles. The minimum atomic E-state index is 0.550. The SMILES string of the molecule is CCN(Cc1oc2ccccc2c1CN)C1CCCC1. The minimum Gasteiger partial charge on any atom is -0.459 e. The Kier molecular flexibility index (Phi) is 4.08. The van der Waals surface area contributed by atoms with E-state index in [1.54, 1.807) is 0 Å². The molecule has 1 fully saturated rings. The molecule has 2 N–H and O–H groups in total. The van der Waals surface area contributed by atoms with Crippen LogP contribution in [0.4, 0.5) is 0 Å². The first-order chi connectivity index (χ1) is 9.83. The first-order valence-corrected chi connectivity index (χ1v) is 7.77. The van der Waals surface area contributed by atoms with Gasteiger partial charge in [0.1, 0.15) is 11.3 Å². The van der Waals surface area contributed by atoms with Gasteiger partial charge < -0.3 is 10.2 Å². The van der Waals surface area contributed by atoms with E-state index in [0.29, 0.717) is 6.54 Å². The molecule has 0 amide bonds. The lowest BCUT2D eigenvalue weighted by molar-refractivity contribution is 0.186. The van der Waals surface area contributed by atoms with Crippen LogP contribution in [0.5, 0.6) is 0 Å². The van der Waals surface area contributed by atoms with Crippen molar-refractivity contribution in [1.82, 2.24) is 4.90 Å². The van der Waals surface area contributed by atoms with Crippen LogP contribution in [0.1, 0.15) is 43.9 Å². The number of furan rings is 1. The normalized spacial score (nSPS) is 16.6. The summed E-state index contributed by atoms with van der Waals surface area (Å²) < 4.78 is 6.06. The van der Waals surface area contributed by atoms with E-state index in [9.17, 15) is 0 Å². The molecule has 1 aliphatic rings. The summed E-state index contributed by atoms with van der Waals surface area (Å²) >= 11 is 0. The summed E-state index contributed by atoms with van der Waals surface area (Å²) in [4.78, 5) is 2.55. The summed E-state index contributed by atoms with van der Waals surface area (Å²) in [5, 5.41) is 1.17. The first kappa shape index (κ1) is 13.7. The lowest BCUT2D eigenvalue weighted by Crippen LogP contribution is -2.32. The molecule has 3 nitrogen and oxygen atoms in total. The average Bonchev–Trinajstić information content (AvgIpc) is 3.11. The zero-order chi connectivity index (χ0) is 13.9. The molecule has 1 aromatic carbocycles. The molecule has 108 valence electrons. The smallest absolute Gasteiger partial charge is 0.134 e. The number of fused-ring (bicyclic) bond motifs is 1. The Balaban J connectivity index is 1.88. The van der Waals surface area contributed by atoms with Crippen LogP contribution in [0.3, 0.4) is 0 Å². The van der Waals surface area contributed by atoms with Crippen LogP contribution < -0.4 is 5.73 Å². The van der Waals surface area contributed by atoms with Crippen LogP contribution in [0, 0.1) is 0 Å². The van der Waals surface area contributed by atoms with Crippen molar-refractivity contribution in [1.29, 1.82) is 0 Å². The van der Waals surface area contributed by atoms with E-state index in [4.69, 9.17) is 10.2 Å². The maximum absolute atomic E-state index is 6.06. The van der Waals surface area contributed by atoms with E-state index in [2.05, 4.69) is 24.0 Å². The Hall–Kier alpha value is -1.32. The van der Waals surface area contributed by atoms with E-state index in [1.807, 2.05) is 12.1 Å². The van der Waals surface area contributed by atoms with E-state index in [0.717, 1.165) is 30.5 Å². The maximum Gasteiger partial charge on any atom is 0.134 e. The Bertz CT molecular complexity index is 569. The van der Waals surface area contributed by atoms with Gasteiger partial charge in [0.25, 0.3) is 0 Å². The molecule has 3 heteroatoms. The Morgan fingerprint density at radius 1 is 1.25 bits per heavy atom. The van der Waals surface area contributed by atoms with Crippen LogP contribution >= 0.6 is 0 Å². The van der Waals surface area contributed by atoms with Gasteiger partial charge in [-0.05, 0) is 25.5 Å². The number of nitrogens with zero attached hydrogens (tertiary/aromatic N) is 1. The first-order valence-electron chi connectivity index (χ1n) is 7.77. The van der Waals surface area contributed by atoms with Gasteiger partial charge in [-0.25, -0.2) is 0 Å². The molecular weight excluding hydrogens is 248 g/mol. The van der Waals surface area contributed by atoms with E-state index < -0.39 is 0 Å². The molecule has 2 aromatic rings. The molecule has 0 aliphatic heterocycles. The second kappa shape index (κ2) is 5.98. The molecular formula is C17H24N2O. The highest BCUT2D eigenvalue weighted by atomic mass is 16.3. The van der Waals surface area contributed by atoms with Crippen LogP contribution in [0.15, 0.2) is 28.7 Å². The average molecular weight is 272 g/mol. The van der Waals surface area contributed by atoms with Gasteiger partial charge in [0.15, 0.2) is 0 Å². The van der Waals surface area contributed by atoms with Gasteiger partial charge in [-0.15, -0.1) is 0 Å². The molecule has 0 saturated heterocycles. The summed E-state index contributed by atoms with van der Waals surface area (Å²) in [5.74, 6) is 1.06. The van der Waals surface area contributed by atoms with E-state index >= 15 is 0 Å². The lowest BCUT2D eigenvalue weighted by atomic mass is 10.1. The molecule has 1 saturated carbocycles. The minimum absolute atomic E-state index is 0.550. The van der Waals surface area contributed by atoms with Crippen LogP contribution in [0.25, 0.3) is 11.0 Å². The molecule has 20 heavy (non-hydrogen) atoms. The van der Waals surface area contributed by atoms with Gasteiger partial charge in [-0.3, -0.25) is 4.90 Å². The van der Waals surface area contributed by atoms with Crippen molar-refractivity contribution in [3.8, 4) is 0 Å². The highest BCUT2D eigenvalue weighted by Crippen LogP contribution is 2.29. The van der Waals surface area contributed by atoms with Gasteiger partial charge in [0.2, 0.25) is 0 Å². The number of rotatable bonds is 5. The van der Waals surface area contributed by atoms with Crippen LogP contribution in [-0.4, -0.2) is 17.5 Å². The Labute approximate surface area is 120 Å². The van der Waals surface area contributed by atoms with Crippen molar-refractivity contribution in [2.24, 2.45) is 5.73 Å². The van der Waals surface area contributed by atoms with Gasteiger partial charge in [-0.1, -0.05) is 38.0 Å². The monoisotopic (exact) mass is 272 g/mol. The number of para-hydroxylation sites is 1.